The van der Waals surface area contributed by atoms with E-state index in [9.17, 15) is 9.59 Å². The van der Waals surface area contributed by atoms with E-state index in [1.54, 1.807) is 11.7 Å². The standard InChI is InChI=1S/C16H14N6O2/c1-21-15-11(8-19-21)14(23)12(7-17-15)16(24)18-6-10-9-22-5-3-2-4-13(22)20-10/h2-5,7-9H,6H2,1H3,(H,17,23)(H,18,24). The highest BCUT2D eigenvalue weighted by atomic mass is 16.2. The number of aromatic amines is 1. The van der Waals surface area contributed by atoms with Crippen molar-refractivity contribution in [3.63, 3.8) is 0 Å². The average molecular weight is 322 g/mol. The molecule has 1 amide bonds. The molecule has 120 valence electrons. The molecule has 0 saturated carbocycles. The Hall–Kier alpha value is -3.42. The molecule has 4 rings (SSSR count). The van der Waals surface area contributed by atoms with Crippen LogP contribution in [0.5, 0.6) is 0 Å². The highest BCUT2D eigenvalue weighted by Gasteiger charge is 2.15. The summed E-state index contributed by atoms with van der Waals surface area (Å²) in [6.07, 6.45) is 6.58. The molecule has 0 aliphatic rings. The molecule has 8 nitrogen and oxygen atoms in total. The zero-order valence-electron chi connectivity index (χ0n) is 12.9. The van der Waals surface area contributed by atoms with Gasteiger partial charge in [0.1, 0.15) is 16.9 Å². The summed E-state index contributed by atoms with van der Waals surface area (Å²) in [6.45, 7) is 0.241. The number of fused-ring (bicyclic) bond motifs is 2. The number of pyridine rings is 2. The molecule has 0 aliphatic heterocycles. The normalized spacial score (nSPS) is 11.2. The van der Waals surface area contributed by atoms with Gasteiger partial charge in [0, 0.05) is 25.6 Å². The monoisotopic (exact) mass is 322 g/mol. The van der Waals surface area contributed by atoms with Gasteiger partial charge in [-0.2, -0.15) is 5.10 Å². The molecule has 0 bridgehead atoms. The molecular weight excluding hydrogens is 308 g/mol. The fourth-order valence-electron chi connectivity index (χ4n) is 2.63. The van der Waals surface area contributed by atoms with Crippen LogP contribution in [-0.4, -0.2) is 30.1 Å². The molecule has 0 saturated heterocycles. The average Bonchev–Trinajstić information content (AvgIpc) is 3.17. The second-order valence-electron chi connectivity index (χ2n) is 5.44. The molecule has 0 spiro atoms. The number of aryl methyl sites for hydroxylation is 1. The molecule has 0 aromatic carbocycles. The summed E-state index contributed by atoms with van der Waals surface area (Å²) in [6, 6.07) is 5.68. The first-order valence-corrected chi connectivity index (χ1v) is 7.37. The molecule has 4 aromatic heterocycles. The molecule has 0 atom stereocenters. The number of amides is 1. The Balaban J connectivity index is 1.58. The van der Waals surface area contributed by atoms with Crippen LogP contribution in [-0.2, 0) is 13.6 Å². The van der Waals surface area contributed by atoms with Crippen molar-refractivity contribution in [2.75, 3.05) is 0 Å². The van der Waals surface area contributed by atoms with Crippen molar-refractivity contribution in [1.82, 2.24) is 29.5 Å². The first kappa shape index (κ1) is 14.2. The number of nitrogens with zero attached hydrogens (tertiary/aromatic N) is 4. The maximum absolute atomic E-state index is 12.4. The van der Waals surface area contributed by atoms with Crippen LogP contribution in [0.15, 0.2) is 47.8 Å². The number of carbonyl (C=O) groups excluding carboxylic acids is 1. The number of hydrogen-bond donors (Lipinski definition) is 2. The van der Waals surface area contributed by atoms with Gasteiger partial charge in [-0.25, -0.2) is 4.98 Å². The summed E-state index contributed by atoms with van der Waals surface area (Å²) < 4.78 is 3.42. The summed E-state index contributed by atoms with van der Waals surface area (Å²) >= 11 is 0. The third-order valence-electron chi connectivity index (χ3n) is 3.87. The third kappa shape index (κ3) is 2.24. The van der Waals surface area contributed by atoms with E-state index in [0.717, 1.165) is 5.65 Å². The molecule has 8 heteroatoms. The first-order valence-electron chi connectivity index (χ1n) is 7.37. The van der Waals surface area contributed by atoms with Crippen LogP contribution in [0.3, 0.4) is 0 Å². The van der Waals surface area contributed by atoms with Crippen LogP contribution in [0.25, 0.3) is 16.7 Å². The van der Waals surface area contributed by atoms with Crippen molar-refractivity contribution in [1.29, 1.82) is 0 Å². The Morgan fingerprint density at radius 3 is 3.08 bits per heavy atom. The van der Waals surface area contributed by atoms with Gasteiger partial charge >= 0.3 is 0 Å². The molecule has 0 radical (unpaired) electrons. The summed E-state index contributed by atoms with van der Waals surface area (Å²) in [4.78, 5) is 32.0. The molecule has 24 heavy (non-hydrogen) atoms. The van der Waals surface area contributed by atoms with Gasteiger partial charge in [-0.1, -0.05) is 6.07 Å². The fraction of sp³-hybridized carbons (Fsp3) is 0.125. The van der Waals surface area contributed by atoms with Gasteiger partial charge in [0.2, 0.25) is 5.43 Å². The van der Waals surface area contributed by atoms with Crippen LogP contribution in [0, 0.1) is 0 Å². The van der Waals surface area contributed by atoms with Crippen molar-refractivity contribution >= 4 is 22.6 Å². The minimum atomic E-state index is -0.445. The quantitative estimate of drug-likeness (QED) is 0.584. The van der Waals surface area contributed by atoms with Crippen LogP contribution in [0.4, 0.5) is 0 Å². The number of aromatic nitrogens is 5. The van der Waals surface area contributed by atoms with Crippen molar-refractivity contribution < 1.29 is 4.79 Å². The second-order valence-corrected chi connectivity index (χ2v) is 5.44. The van der Waals surface area contributed by atoms with Gasteiger partial charge in [-0.3, -0.25) is 14.3 Å². The maximum Gasteiger partial charge on any atom is 0.257 e. The van der Waals surface area contributed by atoms with Gasteiger partial charge in [-0.15, -0.1) is 0 Å². The highest BCUT2D eigenvalue weighted by Crippen LogP contribution is 2.07. The van der Waals surface area contributed by atoms with E-state index in [1.807, 2.05) is 35.0 Å². The third-order valence-corrected chi connectivity index (χ3v) is 3.87. The van der Waals surface area contributed by atoms with Gasteiger partial charge in [-0.05, 0) is 12.1 Å². The van der Waals surface area contributed by atoms with Crippen LogP contribution in [0.2, 0.25) is 0 Å². The lowest BCUT2D eigenvalue weighted by atomic mass is 10.2. The molecule has 4 heterocycles. The Morgan fingerprint density at radius 2 is 2.25 bits per heavy atom. The van der Waals surface area contributed by atoms with E-state index in [0.29, 0.717) is 16.7 Å². The van der Waals surface area contributed by atoms with Gasteiger partial charge in [0.25, 0.3) is 5.91 Å². The first-order chi connectivity index (χ1) is 11.6. The summed E-state index contributed by atoms with van der Waals surface area (Å²) in [5.41, 5.74) is 1.81. The maximum atomic E-state index is 12.4. The Labute approximate surface area is 135 Å². The predicted octanol–water partition coefficient (Wildman–Crippen LogP) is 0.839. The van der Waals surface area contributed by atoms with Gasteiger partial charge < -0.3 is 14.7 Å². The number of imidazole rings is 1. The van der Waals surface area contributed by atoms with Crippen molar-refractivity contribution in [3.8, 4) is 0 Å². The number of rotatable bonds is 3. The summed E-state index contributed by atoms with van der Waals surface area (Å²) in [5.74, 6) is -0.445. The number of nitrogens with one attached hydrogen (secondary N) is 2. The van der Waals surface area contributed by atoms with Crippen molar-refractivity contribution in [2.24, 2.45) is 7.05 Å². The van der Waals surface area contributed by atoms with E-state index in [-0.39, 0.29) is 17.5 Å². The topological polar surface area (TPSA) is 97.1 Å². The zero-order chi connectivity index (χ0) is 16.7. The molecule has 0 fully saturated rings. The molecule has 4 aromatic rings. The van der Waals surface area contributed by atoms with E-state index >= 15 is 0 Å². The van der Waals surface area contributed by atoms with E-state index in [1.165, 1.54) is 12.4 Å². The van der Waals surface area contributed by atoms with E-state index < -0.39 is 5.91 Å². The Kier molecular flexibility index (Phi) is 3.16. The van der Waals surface area contributed by atoms with Crippen LogP contribution in [0.1, 0.15) is 16.1 Å². The highest BCUT2D eigenvalue weighted by molar-refractivity contribution is 5.96. The fourth-order valence-corrected chi connectivity index (χ4v) is 2.63. The zero-order valence-corrected chi connectivity index (χ0v) is 12.9. The number of carbonyl (C=O) groups is 1. The molecule has 0 aliphatic carbocycles. The van der Waals surface area contributed by atoms with E-state index in [4.69, 9.17) is 0 Å². The van der Waals surface area contributed by atoms with Crippen molar-refractivity contribution in [2.45, 2.75) is 6.54 Å². The smallest absolute Gasteiger partial charge is 0.257 e. The minimum Gasteiger partial charge on any atom is -0.346 e. The second kappa shape index (κ2) is 5.34. The Morgan fingerprint density at radius 1 is 1.38 bits per heavy atom. The van der Waals surface area contributed by atoms with Crippen LogP contribution < -0.4 is 10.7 Å². The Bertz CT molecular complexity index is 1090. The van der Waals surface area contributed by atoms with Gasteiger partial charge in [0.15, 0.2) is 0 Å². The van der Waals surface area contributed by atoms with Crippen molar-refractivity contribution in [3.05, 3.63) is 64.5 Å². The lowest BCUT2D eigenvalue weighted by Gasteiger charge is -2.03. The molecule has 0 unspecified atom stereocenters. The number of H-pyrrole nitrogens is 1. The predicted molar refractivity (Wildman–Crippen MR) is 87.7 cm³/mol. The lowest BCUT2D eigenvalue weighted by molar-refractivity contribution is 0.0949. The van der Waals surface area contributed by atoms with Gasteiger partial charge in [0.05, 0.1) is 23.8 Å². The van der Waals surface area contributed by atoms with E-state index in [2.05, 4.69) is 20.4 Å². The number of hydrogen-bond acceptors (Lipinski definition) is 4. The summed E-state index contributed by atoms with van der Waals surface area (Å²) in [7, 11) is 1.72. The lowest BCUT2D eigenvalue weighted by Crippen LogP contribution is -2.28. The largest absolute Gasteiger partial charge is 0.346 e. The SMILES string of the molecule is Cn1ncc2c(=O)c(C(=O)NCc3cn4ccccc4n3)c[nH]c21. The molecular formula is C16H14N6O2. The minimum absolute atomic E-state index is 0.0549. The summed E-state index contributed by atoms with van der Waals surface area (Å²) in [5, 5.41) is 7.13. The molecule has 2 N–H and O–H groups in total. The van der Waals surface area contributed by atoms with Crippen LogP contribution >= 0.6 is 0 Å².